The van der Waals surface area contributed by atoms with E-state index in [2.05, 4.69) is 5.32 Å². The lowest BCUT2D eigenvalue weighted by atomic mass is 10.2. The first kappa shape index (κ1) is 19.3. The van der Waals surface area contributed by atoms with Crippen molar-refractivity contribution in [1.29, 1.82) is 0 Å². The molecule has 3 aromatic rings. The summed E-state index contributed by atoms with van der Waals surface area (Å²) in [6.07, 6.45) is 0.936. The Morgan fingerprint density at radius 3 is 2.67 bits per heavy atom. The maximum Gasteiger partial charge on any atom is 0.311 e. The number of thiazole rings is 1. The van der Waals surface area contributed by atoms with Crippen molar-refractivity contribution in [3.63, 3.8) is 0 Å². The van der Waals surface area contributed by atoms with E-state index in [0.717, 1.165) is 32.4 Å². The molecule has 0 radical (unpaired) electrons. The SMILES string of the molecule is CCCNC(=O)COC(=O)Cc1sc(-c2ccccc2)nc1-c1cccs1. The van der Waals surface area contributed by atoms with Crippen LogP contribution in [0.4, 0.5) is 0 Å². The summed E-state index contributed by atoms with van der Waals surface area (Å²) < 4.78 is 5.12. The summed E-state index contributed by atoms with van der Waals surface area (Å²) in [7, 11) is 0. The van der Waals surface area contributed by atoms with Crippen LogP contribution in [0.25, 0.3) is 21.1 Å². The predicted octanol–water partition coefficient (Wildman–Crippen LogP) is 4.15. The largest absolute Gasteiger partial charge is 0.455 e. The standard InChI is InChI=1S/C20H20N2O3S2/c1-2-10-21-17(23)13-25-18(24)12-16-19(15-9-6-11-26-15)22-20(27-16)14-7-4-3-5-8-14/h3-9,11H,2,10,12-13H2,1H3,(H,21,23). The molecular formula is C20H20N2O3S2. The summed E-state index contributed by atoms with van der Waals surface area (Å²) >= 11 is 3.06. The van der Waals surface area contributed by atoms with Gasteiger partial charge in [-0.2, -0.15) is 0 Å². The van der Waals surface area contributed by atoms with E-state index in [-0.39, 0.29) is 18.9 Å². The molecule has 0 bridgehead atoms. The van der Waals surface area contributed by atoms with Crippen molar-refractivity contribution in [1.82, 2.24) is 10.3 Å². The van der Waals surface area contributed by atoms with E-state index in [1.807, 2.05) is 54.8 Å². The minimum Gasteiger partial charge on any atom is -0.455 e. The van der Waals surface area contributed by atoms with Crippen molar-refractivity contribution in [2.45, 2.75) is 19.8 Å². The van der Waals surface area contributed by atoms with Crippen LogP contribution in [0.15, 0.2) is 47.8 Å². The van der Waals surface area contributed by atoms with Gasteiger partial charge >= 0.3 is 5.97 Å². The predicted molar refractivity (Wildman–Crippen MR) is 109 cm³/mol. The number of ether oxygens (including phenoxy) is 1. The highest BCUT2D eigenvalue weighted by Gasteiger charge is 2.19. The molecule has 5 nitrogen and oxygen atoms in total. The van der Waals surface area contributed by atoms with Gasteiger partial charge in [0.25, 0.3) is 5.91 Å². The number of carbonyl (C=O) groups excluding carboxylic acids is 2. The van der Waals surface area contributed by atoms with Gasteiger partial charge in [0.1, 0.15) is 5.01 Å². The molecule has 2 aromatic heterocycles. The molecule has 0 atom stereocenters. The molecule has 0 aliphatic heterocycles. The Hall–Kier alpha value is -2.51. The Labute approximate surface area is 166 Å². The molecule has 1 N–H and O–H groups in total. The molecule has 0 fully saturated rings. The number of hydrogen-bond donors (Lipinski definition) is 1. The van der Waals surface area contributed by atoms with Crippen LogP contribution in [0.2, 0.25) is 0 Å². The topological polar surface area (TPSA) is 68.3 Å². The molecule has 1 aromatic carbocycles. The normalized spacial score (nSPS) is 10.6. The molecule has 0 spiro atoms. The molecular weight excluding hydrogens is 380 g/mol. The quantitative estimate of drug-likeness (QED) is 0.577. The van der Waals surface area contributed by atoms with Gasteiger partial charge in [-0.15, -0.1) is 22.7 Å². The highest BCUT2D eigenvalue weighted by atomic mass is 32.1. The van der Waals surface area contributed by atoms with Gasteiger partial charge in [-0.3, -0.25) is 9.59 Å². The molecule has 0 aliphatic carbocycles. The minimum atomic E-state index is -0.428. The van der Waals surface area contributed by atoms with Gasteiger partial charge in [0.05, 0.1) is 17.0 Å². The third-order valence-corrected chi connectivity index (χ3v) is 5.69. The van der Waals surface area contributed by atoms with Crippen molar-refractivity contribution in [2.24, 2.45) is 0 Å². The number of nitrogens with zero attached hydrogens (tertiary/aromatic N) is 1. The average Bonchev–Trinajstić information content (AvgIpc) is 3.35. The molecule has 0 aliphatic rings. The number of hydrogen-bond acceptors (Lipinski definition) is 6. The van der Waals surface area contributed by atoms with Crippen LogP contribution < -0.4 is 5.32 Å². The number of esters is 1. The Morgan fingerprint density at radius 1 is 1.15 bits per heavy atom. The maximum absolute atomic E-state index is 12.2. The number of amides is 1. The molecule has 2 heterocycles. The third kappa shape index (κ3) is 5.24. The summed E-state index contributed by atoms with van der Waals surface area (Å²) in [5.41, 5.74) is 1.82. The summed E-state index contributed by atoms with van der Waals surface area (Å²) in [5, 5.41) is 5.53. The van der Waals surface area contributed by atoms with Crippen LogP contribution in [0.1, 0.15) is 18.2 Å². The monoisotopic (exact) mass is 400 g/mol. The first-order chi connectivity index (χ1) is 13.2. The first-order valence-electron chi connectivity index (χ1n) is 8.68. The fraction of sp³-hybridized carbons (Fsp3) is 0.250. The summed E-state index contributed by atoms with van der Waals surface area (Å²) in [6.45, 7) is 2.29. The van der Waals surface area contributed by atoms with Crippen molar-refractivity contribution < 1.29 is 14.3 Å². The number of carbonyl (C=O) groups is 2. The highest BCUT2D eigenvalue weighted by Crippen LogP contribution is 2.36. The van der Waals surface area contributed by atoms with Crippen molar-refractivity contribution in [3.05, 3.63) is 52.7 Å². The average molecular weight is 401 g/mol. The fourth-order valence-corrected chi connectivity index (χ4v) is 4.30. The third-order valence-electron chi connectivity index (χ3n) is 3.71. The zero-order valence-corrected chi connectivity index (χ0v) is 16.6. The van der Waals surface area contributed by atoms with Crippen molar-refractivity contribution in [2.75, 3.05) is 13.2 Å². The fourth-order valence-electron chi connectivity index (χ4n) is 2.43. The summed E-state index contributed by atoms with van der Waals surface area (Å²) in [5.74, 6) is -0.708. The van der Waals surface area contributed by atoms with Crippen LogP contribution in [0.5, 0.6) is 0 Å². The highest BCUT2D eigenvalue weighted by molar-refractivity contribution is 7.17. The van der Waals surface area contributed by atoms with E-state index < -0.39 is 5.97 Å². The van der Waals surface area contributed by atoms with Crippen LogP contribution in [-0.2, 0) is 20.7 Å². The molecule has 0 saturated heterocycles. The van der Waals surface area contributed by atoms with Crippen LogP contribution in [0, 0.1) is 0 Å². The van der Waals surface area contributed by atoms with Crippen LogP contribution in [0.3, 0.4) is 0 Å². The van der Waals surface area contributed by atoms with Gasteiger partial charge in [0, 0.05) is 17.0 Å². The first-order valence-corrected chi connectivity index (χ1v) is 10.4. The number of aromatic nitrogens is 1. The zero-order chi connectivity index (χ0) is 19.1. The second-order valence-corrected chi connectivity index (χ2v) is 7.85. The maximum atomic E-state index is 12.2. The van der Waals surface area contributed by atoms with Gasteiger partial charge in [-0.1, -0.05) is 43.3 Å². The molecule has 7 heteroatoms. The van der Waals surface area contributed by atoms with Gasteiger partial charge in [0.2, 0.25) is 0 Å². The van der Waals surface area contributed by atoms with E-state index in [0.29, 0.717) is 6.54 Å². The minimum absolute atomic E-state index is 0.0960. The number of rotatable bonds is 8. The lowest BCUT2D eigenvalue weighted by molar-refractivity contribution is -0.147. The summed E-state index contributed by atoms with van der Waals surface area (Å²) in [6, 6.07) is 13.8. The van der Waals surface area contributed by atoms with Gasteiger partial charge in [-0.05, 0) is 17.9 Å². The van der Waals surface area contributed by atoms with Crippen LogP contribution in [-0.4, -0.2) is 30.0 Å². The Balaban J connectivity index is 1.75. The lowest BCUT2D eigenvalue weighted by Crippen LogP contribution is -2.29. The van der Waals surface area contributed by atoms with E-state index in [4.69, 9.17) is 9.72 Å². The molecule has 3 rings (SSSR count). The second kappa shape index (κ2) is 9.43. The number of thiophene rings is 1. The lowest BCUT2D eigenvalue weighted by Gasteiger charge is -2.05. The second-order valence-electron chi connectivity index (χ2n) is 5.82. The Bertz CT molecular complexity index is 889. The van der Waals surface area contributed by atoms with Crippen molar-refractivity contribution >= 4 is 34.6 Å². The molecule has 27 heavy (non-hydrogen) atoms. The van der Waals surface area contributed by atoms with E-state index in [1.54, 1.807) is 11.3 Å². The molecule has 0 unspecified atom stereocenters. The summed E-state index contributed by atoms with van der Waals surface area (Å²) in [4.78, 5) is 30.5. The molecule has 0 saturated carbocycles. The van der Waals surface area contributed by atoms with Crippen LogP contribution >= 0.6 is 22.7 Å². The van der Waals surface area contributed by atoms with Crippen molar-refractivity contribution in [3.8, 4) is 21.1 Å². The Morgan fingerprint density at radius 2 is 1.96 bits per heavy atom. The number of nitrogens with one attached hydrogen (secondary N) is 1. The van der Waals surface area contributed by atoms with Gasteiger partial charge in [-0.25, -0.2) is 4.98 Å². The number of benzene rings is 1. The van der Waals surface area contributed by atoms with Gasteiger partial charge in [0.15, 0.2) is 6.61 Å². The van der Waals surface area contributed by atoms with E-state index in [9.17, 15) is 9.59 Å². The van der Waals surface area contributed by atoms with E-state index >= 15 is 0 Å². The Kier molecular flexibility index (Phi) is 6.73. The smallest absolute Gasteiger partial charge is 0.311 e. The zero-order valence-electron chi connectivity index (χ0n) is 14.9. The molecule has 140 valence electrons. The van der Waals surface area contributed by atoms with E-state index in [1.165, 1.54) is 11.3 Å². The molecule has 1 amide bonds. The van der Waals surface area contributed by atoms with Gasteiger partial charge < -0.3 is 10.1 Å².